The number of hydrogen-bond acceptors (Lipinski definition) is 2. The number of nitrogens with one attached hydrogen (secondary N) is 2. The average molecular weight is 291 g/mol. The maximum atomic E-state index is 11.9. The van der Waals surface area contributed by atoms with E-state index < -0.39 is 12.1 Å². The summed E-state index contributed by atoms with van der Waals surface area (Å²) < 4.78 is 35.7. The molecule has 8 heteroatoms. The van der Waals surface area contributed by atoms with Crippen molar-refractivity contribution < 1.29 is 18.0 Å². The fraction of sp³-hybridized carbons (Fsp3) is 0.273. The molecule has 0 aromatic heterocycles. The van der Waals surface area contributed by atoms with Crippen LogP contribution in [0.15, 0.2) is 24.3 Å². The van der Waals surface area contributed by atoms with E-state index in [1.54, 1.807) is 29.6 Å². The molecule has 0 spiro atoms. The molecule has 1 rings (SSSR count). The topological polar surface area (TPSA) is 67.2 Å². The maximum absolute atomic E-state index is 11.9. The summed E-state index contributed by atoms with van der Waals surface area (Å²) in [6, 6.07) is 6.81. The third kappa shape index (κ3) is 5.56. The van der Waals surface area contributed by atoms with Crippen LogP contribution >= 0.6 is 12.2 Å². The van der Waals surface area contributed by atoms with E-state index >= 15 is 0 Å². The Hall–Kier alpha value is -1.83. The van der Waals surface area contributed by atoms with E-state index in [2.05, 4.69) is 17.5 Å². The molecule has 0 aliphatic carbocycles. The normalized spacial score (nSPS) is 10.9. The number of anilines is 1. The molecule has 0 heterocycles. The molecule has 0 atom stereocenters. The Kier molecular flexibility index (Phi) is 5.11. The minimum absolute atomic E-state index is 0.0829. The van der Waals surface area contributed by atoms with Crippen molar-refractivity contribution in [3.63, 3.8) is 0 Å². The zero-order valence-electron chi connectivity index (χ0n) is 9.75. The first-order chi connectivity index (χ1) is 8.79. The van der Waals surface area contributed by atoms with Crippen molar-refractivity contribution in [3.8, 4) is 0 Å². The minimum Gasteiger partial charge on any atom is -0.376 e. The number of halogens is 3. The van der Waals surface area contributed by atoms with Gasteiger partial charge in [0.2, 0.25) is 0 Å². The molecule has 0 fully saturated rings. The molecule has 1 aromatic rings. The number of thiocarbonyl (C=S) groups is 1. The van der Waals surface area contributed by atoms with Gasteiger partial charge in [-0.05, 0) is 36.3 Å². The third-order valence-electron chi connectivity index (χ3n) is 2.18. The predicted molar refractivity (Wildman–Crippen MR) is 69.6 cm³/mol. The third-order valence-corrected chi connectivity index (χ3v) is 2.28. The molecule has 1 amide bonds. The molecule has 0 bridgehead atoms. The van der Waals surface area contributed by atoms with Crippen molar-refractivity contribution in [2.45, 2.75) is 12.6 Å². The molecule has 4 nitrogen and oxygen atoms in total. The summed E-state index contributed by atoms with van der Waals surface area (Å²) in [4.78, 5) is 10.6. The largest absolute Gasteiger partial charge is 0.471 e. The van der Waals surface area contributed by atoms with Crippen LogP contribution in [0.25, 0.3) is 0 Å². The summed E-state index contributed by atoms with van der Waals surface area (Å²) in [5.41, 5.74) is 6.76. The summed E-state index contributed by atoms with van der Waals surface area (Å²) in [5, 5.41) is 4.64. The van der Waals surface area contributed by atoms with E-state index in [1.165, 1.54) is 0 Å². The van der Waals surface area contributed by atoms with Crippen molar-refractivity contribution >= 4 is 28.9 Å². The standard InChI is InChI=1S/C11H12F3N3OS/c12-11(13,14)9(18)16-6-5-7-1-3-8(4-2-7)17-10(15)19/h1-4H,5-6H2,(H,16,18)(H3,15,17,19). The van der Waals surface area contributed by atoms with E-state index in [0.717, 1.165) is 5.56 Å². The molecule has 19 heavy (non-hydrogen) atoms. The van der Waals surface area contributed by atoms with E-state index in [9.17, 15) is 18.0 Å². The highest BCUT2D eigenvalue weighted by Gasteiger charge is 2.38. The average Bonchev–Trinajstić information content (AvgIpc) is 2.29. The quantitative estimate of drug-likeness (QED) is 0.737. The second kappa shape index (κ2) is 6.37. The van der Waals surface area contributed by atoms with Crippen LogP contribution in [0.2, 0.25) is 0 Å². The summed E-state index contributed by atoms with van der Waals surface area (Å²) in [6.45, 7) is -0.0829. The number of nitrogens with two attached hydrogens (primary N) is 1. The van der Waals surface area contributed by atoms with Crippen molar-refractivity contribution in [1.82, 2.24) is 5.32 Å². The molecule has 0 aliphatic rings. The highest BCUT2D eigenvalue weighted by atomic mass is 32.1. The fourth-order valence-corrected chi connectivity index (χ4v) is 1.44. The van der Waals surface area contributed by atoms with Gasteiger partial charge in [0, 0.05) is 12.2 Å². The Bertz CT molecular complexity index is 459. The highest BCUT2D eigenvalue weighted by molar-refractivity contribution is 7.80. The van der Waals surface area contributed by atoms with Crippen LogP contribution in [0.1, 0.15) is 5.56 Å². The molecular weight excluding hydrogens is 279 g/mol. The van der Waals surface area contributed by atoms with Gasteiger partial charge < -0.3 is 16.4 Å². The first kappa shape index (κ1) is 15.2. The first-order valence-corrected chi connectivity index (χ1v) is 5.70. The van der Waals surface area contributed by atoms with Crippen LogP contribution in [-0.4, -0.2) is 23.7 Å². The van der Waals surface area contributed by atoms with Gasteiger partial charge in [-0.2, -0.15) is 13.2 Å². The Labute approximate surface area is 113 Å². The Morgan fingerprint density at radius 3 is 2.32 bits per heavy atom. The summed E-state index contributed by atoms with van der Waals surface area (Å²) in [5.74, 6) is -1.93. The molecular formula is C11H12F3N3OS. The minimum atomic E-state index is -4.84. The van der Waals surface area contributed by atoms with Gasteiger partial charge in [0.1, 0.15) is 0 Å². The number of amides is 1. The smallest absolute Gasteiger partial charge is 0.376 e. The monoisotopic (exact) mass is 291 g/mol. The Balaban J connectivity index is 2.42. The predicted octanol–water partition coefficient (Wildman–Crippen LogP) is 1.56. The van der Waals surface area contributed by atoms with Gasteiger partial charge in [0.25, 0.3) is 0 Å². The van der Waals surface area contributed by atoms with Gasteiger partial charge in [-0.1, -0.05) is 12.1 Å². The van der Waals surface area contributed by atoms with Gasteiger partial charge in [0.15, 0.2) is 5.11 Å². The lowest BCUT2D eigenvalue weighted by Gasteiger charge is -2.08. The van der Waals surface area contributed by atoms with Gasteiger partial charge >= 0.3 is 12.1 Å². The molecule has 4 N–H and O–H groups in total. The van der Waals surface area contributed by atoms with Crippen molar-refractivity contribution in [1.29, 1.82) is 0 Å². The zero-order chi connectivity index (χ0) is 14.5. The van der Waals surface area contributed by atoms with Gasteiger partial charge in [-0.15, -0.1) is 0 Å². The van der Waals surface area contributed by atoms with Crippen molar-refractivity contribution in [3.05, 3.63) is 29.8 Å². The number of hydrogen-bond donors (Lipinski definition) is 3. The molecule has 0 aliphatic heterocycles. The van der Waals surface area contributed by atoms with Crippen LogP contribution in [0, 0.1) is 0 Å². The molecule has 0 saturated heterocycles. The van der Waals surface area contributed by atoms with Crippen LogP contribution in [-0.2, 0) is 11.2 Å². The second-order valence-electron chi connectivity index (χ2n) is 3.69. The lowest BCUT2D eigenvalue weighted by Crippen LogP contribution is -2.37. The Morgan fingerprint density at radius 1 is 1.26 bits per heavy atom. The molecule has 0 unspecified atom stereocenters. The summed E-state index contributed by atoms with van der Waals surface area (Å²) in [7, 11) is 0. The lowest BCUT2D eigenvalue weighted by molar-refractivity contribution is -0.173. The number of benzene rings is 1. The molecule has 104 valence electrons. The van der Waals surface area contributed by atoms with Gasteiger partial charge in [0.05, 0.1) is 0 Å². The lowest BCUT2D eigenvalue weighted by atomic mass is 10.1. The zero-order valence-corrected chi connectivity index (χ0v) is 10.6. The van der Waals surface area contributed by atoms with Crippen LogP contribution < -0.4 is 16.4 Å². The summed E-state index contributed by atoms with van der Waals surface area (Å²) in [6.07, 6.45) is -4.54. The van der Waals surface area contributed by atoms with E-state index in [-0.39, 0.29) is 11.7 Å². The highest BCUT2D eigenvalue weighted by Crippen LogP contribution is 2.14. The van der Waals surface area contributed by atoms with E-state index in [0.29, 0.717) is 12.1 Å². The molecule has 0 saturated carbocycles. The molecule has 0 radical (unpaired) electrons. The number of rotatable bonds is 4. The maximum Gasteiger partial charge on any atom is 0.471 e. The second-order valence-corrected chi connectivity index (χ2v) is 4.13. The van der Waals surface area contributed by atoms with Crippen LogP contribution in [0.3, 0.4) is 0 Å². The number of alkyl halides is 3. The van der Waals surface area contributed by atoms with Gasteiger partial charge in [-0.25, -0.2) is 0 Å². The molecule has 1 aromatic carbocycles. The fourth-order valence-electron chi connectivity index (χ4n) is 1.32. The SMILES string of the molecule is NC(=S)Nc1ccc(CCNC(=O)C(F)(F)F)cc1. The Morgan fingerprint density at radius 2 is 1.84 bits per heavy atom. The van der Waals surface area contributed by atoms with E-state index in [4.69, 9.17) is 5.73 Å². The van der Waals surface area contributed by atoms with Crippen molar-refractivity contribution in [2.75, 3.05) is 11.9 Å². The number of carbonyl (C=O) groups excluding carboxylic acids is 1. The van der Waals surface area contributed by atoms with E-state index in [1.807, 2.05) is 0 Å². The van der Waals surface area contributed by atoms with Crippen LogP contribution in [0.4, 0.5) is 18.9 Å². The van der Waals surface area contributed by atoms with Crippen molar-refractivity contribution in [2.24, 2.45) is 5.73 Å². The van der Waals surface area contributed by atoms with Gasteiger partial charge in [-0.3, -0.25) is 4.79 Å². The summed E-state index contributed by atoms with van der Waals surface area (Å²) >= 11 is 4.66. The van der Waals surface area contributed by atoms with Crippen LogP contribution in [0.5, 0.6) is 0 Å². The number of carbonyl (C=O) groups is 1. The first-order valence-electron chi connectivity index (χ1n) is 5.29.